The highest BCUT2D eigenvalue weighted by Gasteiger charge is 2.24. The number of carbonyl (C=O) groups excluding carboxylic acids is 2. The van der Waals surface area contributed by atoms with Crippen molar-refractivity contribution in [3.05, 3.63) is 46.7 Å². The number of benzene rings is 1. The number of hydrogen-bond donors (Lipinski definition) is 1. The Kier molecular flexibility index (Phi) is 7.47. The average Bonchev–Trinajstić information content (AvgIpc) is 2.95. The summed E-state index contributed by atoms with van der Waals surface area (Å²) in [7, 11) is 1.91. The maximum absolute atomic E-state index is 11.9. The van der Waals surface area contributed by atoms with Crippen molar-refractivity contribution in [2.75, 3.05) is 20.1 Å². The monoisotopic (exact) mass is 363 g/mol. The van der Waals surface area contributed by atoms with Crippen molar-refractivity contribution in [2.45, 2.75) is 25.7 Å². The SMILES string of the molecule is CN(C=C1N=C(c2ccc(Cl)cc2)OC1=O)CCCCCCNC=O. The van der Waals surface area contributed by atoms with Crippen molar-refractivity contribution in [2.24, 2.45) is 4.99 Å². The standard InChI is InChI=1S/C18H22ClN3O3/c1-22(11-5-3-2-4-10-20-13-23)12-16-18(24)25-17(21-16)14-6-8-15(19)9-7-14/h6-9,12-13H,2-5,10-11H2,1H3,(H,20,23). The minimum Gasteiger partial charge on any atom is -0.402 e. The zero-order valence-electron chi connectivity index (χ0n) is 14.2. The molecular weight excluding hydrogens is 342 g/mol. The summed E-state index contributed by atoms with van der Waals surface area (Å²) in [6.45, 7) is 1.54. The number of cyclic esters (lactones) is 1. The van der Waals surface area contributed by atoms with Crippen LogP contribution in [0.1, 0.15) is 31.2 Å². The van der Waals surface area contributed by atoms with Crippen LogP contribution >= 0.6 is 11.6 Å². The van der Waals surface area contributed by atoms with Gasteiger partial charge in [0.25, 0.3) is 0 Å². The number of rotatable bonds is 10. The van der Waals surface area contributed by atoms with Crippen LogP contribution in [0.15, 0.2) is 41.2 Å². The second kappa shape index (κ2) is 9.84. The molecule has 0 saturated carbocycles. The van der Waals surface area contributed by atoms with Crippen molar-refractivity contribution >= 4 is 29.9 Å². The Morgan fingerprint density at radius 1 is 1.20 bits per heavy atom. The molecule has 0 fully saturated rings. The van der Waals surface area contributed by atoms with E-state index in [-0.39, 0.29) is 0 Å². The van der Waals surface area contributed by atoms with Gasteiger partial charge < -0.3 is 15.0 Å². The van der Waals surface area contributed by atoms with Crippen LogP contribution in [-0.2, 0) is 14.3 Å². The van der Waals surface area contributed by atoms with E-state index in [1.807, 2.05) is 11.9 Å². The van der Waals surface area contributed by atoms with Gasteiger partial charge in [0.05, 0.1) is 0 Å². The summed E-state index contributed by atoms with van der Waals surface area (Å²) in [5.74, 6) is -0.152. The number of halogens is 1. The first kappa shape index (κ1) is 19.0. The van der Waals surface area contributed by atoms with E-state index in [2.05, 4.69) is 10.3 Å². The predicted octanol–water partition coefficient (Wildman–Crippen LogP) is 2.72. The fraction of sp³-hybridized carbons (Fsp3) is 0.389. The molecule has 0 radical (unpaired) electrons. The van der Waals surface area contributed by atoms with Gasteiger partial charge in [-0.05, 0) is 37.1 Å². The average molecular weight is 364 g/mol. The summed E-state index contributed by atoms with van der Waals surface area (Å²) in [6.07, 6.45) is 6.54. The third-order valence-corrected chi connectivity index (χ3v) is 3.97. The minimum absolute atomic E-state index is 0.294. The molecule has 0 aliphatic carbocycles. The molecule has 0 unspecified atom stereocenters. The van der Waals surface area contributed by atoms with Gasteiger partial charge in [-0.25, -0.2) is 9.79 Å². The first-order chi connectivity index (χ1) is 12.1. The first-order valence-corrected chi connectivity index (χ1v) is 8.64. The third kappa shape index (κ3) is 6.23. The van der Waals surface area contributed by atoms with Crippen molar-refractivity contribution in [1.29, 1.82) is 0 Å². The zero-order valence-corrected chi connectivity index (χ0v) is 15.0. The molecule has 1 aromatic carbocycles. The number of unbranched alkanes of at least 4 members (excludes halogenated alkanes) is 3. The molecule has 1 heterocycles. The summed E-state index contributed by atoms with van der Waals surface area (Å²) in [4.78, 5) is 28.3. The quantitative estimate of drug-likeness (QED) is 0.300. The Labute approximate surface area is 152 Å². The molecule has 1 aliphatic rings. The molecule has 1 aliphatic heterocycles. The Morgan fingerprint density at radius 3 is 2.64 bits per heavy atom. The van der Waals surface area contributed by atoms with E-state index in [9.17, 15) is 9.59 Å². The highest BCUT2D eigenvalue weighted by molar-refractivity contribution is 6.30. The predicted molar refractivity (Wildman–Crippen MR) is 97.3 cm³/mol. The van der Waals surface area contributed by atoms with Crippen LogP contribution in [0, 0.1) is 0 Å². The molecule has 2 rings (SSSR count). The first-order valence-electron chi connectivity index (χ1n) is 8.26. The summed E-state index contributed by atoms with van der Waals surface area (Å²) in [5, 5.41) is 3.26. The number of aliphatic imine (C=N–C) groups is 1. The van der Waals surface area contributed by atoms with Gasteiger partial charge in [0, 0.05) is 36.9 Å². The lowest BCUT2D eigenvalue weighted by atomic mass is 10.2. The van der Waals surface area contributed by atoms with Crippen LogP contribution in [0.25, 0.3) is 0 Å². The van der Waals surface area contributed by atoms with Crippen molar-refractivity contribution in [3.63, 3.8) is 0 Å². The van der Waals surface area contributed by atoms with Gasteiger partial charge in [-0.2, -0.15) is 0 Å². The number of ether oxygens (including phenoxy) is 1. The minimum atomic E-state index is -0.447. The second-order valence-electron chi connectivity index (χ2n) is 5.79. The van der Waals surface area contributed by atoms with E-state index in [1.54, 1.807) is 30.5 Å². The van der Waals surface area contributed by atoms with E-state index in [0.717, 1.165) is 45.2 Å². The summed E-state index contributed by atoms with van der Waals surface area (Å²) >= 11 is 5.86. The Bertz CT molecular complexity index is 656. The lowest BCUT2D eigenvalue weighted by Gasteiger charge is -2.13. The van der Waals surface area contributed by atoms with Crippen LogP contribution < -0.4 is 5.32 Å². The van der Waals surface area contributed by atoms with Crippen LogP contribution in [0.3, 0.4) is 0 Å². The highest BCUT2D eigenvalue weighted by atomic mass is 35.5. The number of hydrogen-bond acceptors (Lipinski definition) is 5. The Hall–Kier alpha value is -2.34. The molecular formula is C18H22ClN3O3. The summed E-state index contributed by atoms with van der Waals surface area (Å²) in [6, 6.07) is 6.98. The number of amides is 1. The molecule has 0 saturated heterocycles. The highest BCUT2D eigenvalue weighted by Crippen LogP contribution is 2.18. The molecule has 25 heavy (non-hydrogen) atoms. The van der Waals surface area contributed by atoms with Crippen LogP contribution in [0.4, 0.5) is 0 Å². The number of nitrogens with one attached hydrogen (secondary N) is 1. The van der Waals surface area contributed by atoms with Gasteiger partial charge in [-0.3, -0.25) is 4.79 Å². The van der Waals surface area contributed by atoms with Gasteiger partial charge in [-0.1, -0.05) is 24.4 Å². The molecule has 0 aromatic heterocycles. The molecule has 7 heteroatoms. The van der Waals surface area contributed by atoms with E-state index in [0.29, 0.717) is 22.2 Å². The van der Waals surface area contributed by atoms with Crippen LogP contribution in [0.5, 0.6) is 0 Å². The molecule has 134 valence electrons. The van der Waals surface area contributed by atoms with Crippen molar-refractivity contribution < 1.29 is 14.3 Å². The molecule has 6 nitrogen and oxygen atoms in total. The molecule has 1 amide bonds. The van der Waals surface area contributed by atoms with Gasteiger partial charge >= 0.3 is 5.97 Å². The molecule has 1 aromatic rings. The van der Waals surface area contributed by atoms with Gasteiger partial charge in [-0.15, -0.1) is 0 Å². The van der Waals surface area contributed by atoms with E-state index >= 15 is 0 Å². The van der Waals surface area contributed by atoms with Gasteiger partial charge in [0.1, 0.15) is 0 Å². The Morgan fingerprint density at radius 2 is 1.92 bits per heavy atom. The smallest absolute Gasteiger partial charge is 0.365 e. The van der Waals surface area contributed by atoms with Crippen LogP contribution in [-0.4, -0.2) is 43.3 Å². The van der Waals surface area contributed by atoms with Gasteiger partial charge in [0.2, 0.25) is 12.3 Å². The molecule has 0 spiro atoms. The van der Waals surface area contributed by atoms with E-state index in [1.165, 1.54) is 0 Å². The number of nitrogens with zero attached hydrogens (tertiary/aromatic N) is 2. The van der Waals surface area contributed by atoms with E-state index < -0.39 is 5.97 Å². The normalized spacial score (nSPS) is 15.0. The molecule has 1 N–H and O–H groups in total. The Balaban J connectivity index is 1.81. The molecule has 0 atom stereocenters. The lowest BCUT2D eigenvalue weighted by Crippen LogP contribution is -2.15. The largest absolute Gasteiger partial charge is 0.402 e. The third-order valence-electron chi connectivity index (χ3n) is 3.72. The maximum Gasteiger partial charge on any atom is 0.365 e. The fourth-order valence-electron chi connectivity index (χ4n) is 2.39. The zero-order chi connectivity index (χ0) is 18.1. The van der Waals surface area contributed by atoms with E-state index in [4.69, 9.17) is 16.3 Å². The van der Waals surface area contributed by atoms with Crippen LogP contribution in [0.2, 0.25) is 5.02 Å². The topological polar surface area (TPSA) is 71.0 Å². The van der Waals surface area contributed by atoms with Gasteiger partial charge in [0.15, 0.2) is 5.70 Å². The lowest BCUT2D eigenvalue weighted by molar-refractivity contribution is -0.130. The maximum atomic E-state index is 11.9. The molecule has 0 bridgehead atoms. The summed E-state index contributed by atoms with van der Waals surface area (Å²) in [5.41, 5.74) is 1.01. The van der Waals surface area contributed by atoms with Crippen molar-refractivity contribution in [1.82, 2.24) is 10.2 Å². The number of carbonyl (C=O) groups is 2. The second-order valence-corrected chi connectivity index (χ2v) is 6.23. The van der Waals surface area contributed by atoms with Crippen molar-refractivity contribution in [3.8, 4) is 0 Å². The fourth-order valence-corrected chi connectivity index (χ4v) is 2.52. The summed E-state index contributed by atoms with van der Waals surface area (Å²) < 4.78 is 5.22. The number of esters is 1.